The van der Waals surface area contributed by atoms with Crippen LogP contribution in [0.5, 0.6) is 5.75 Å². The fourth-order valence-corrected chi connectivity index (χ4v) is 3.00. The number of methoxy groups -OCH3 is 1. The number of rotatable bonds is 4. The smallest absolute Gasteiger partial charge is 0.255 e. The molecule has 0 radical (unpaired) electrons. The van der Waals surface area contributed by atoms with Crippen molar-refractivity contribution in [3.63, 3.8) is 0 Å². The number of hydrogen-bond acceptors (Lipinski definition) is 4. The lowest BCUT2D eigenvalue weighted by Crippen LogP contribution is -2.41. The van der Waals surface area contributed by atoms with Gasteiger partial charge in [-0.3, -0.25) is 14.6 Å². The van der Waals surface area contributed by atoms with E-state index in [1.807, 2.05) is 24.3 Å². The Labute approximate surface area is 146 Å². The summed E-state index contributed by atoms with van der Waals surface area (Å²) in [5, 5.41) is 2.93. The van der Waals surface area contributed by atoms with Gasteiger partial charge in [0.05, 0.1) is 18.4 Å². The highest BCUT2D eigenvalue weighted by molar-refractivity contribution is 5.95. The van der Waals surface area contributed by atoms with Gasteiger partial charge in [-0.1, -0.05) is 12.1 Å². The van der Waals surface area contributed by atoms with Crippen molar-refractivity contribution in [3.8, 4) is 5.75 Å². The number of carbonyl (C=O) groups excluding carboxylic acids is 2. The summed E-state index contributed by atoms with van der Waals surface area (Å²) in [4.78, 5) is 30.7. The van der Waals surface area contributed by atoms with E-state index in [2.05, 4.69) is 10.3 Å². The first-order valence-electron chi connectivity index (χ1n) is 8.32. The number of aromatic nitrogens is 1. The van der Waals surface area contributed by atoms with Crippen molar-refractivity contribution in [2.75, 3.05) is 25.5 Å². The van der Waals surface area contributed by atoms with Crippen LogP contribution < -0.4 is 10.1 Å². The molecule has 2 heterocycles. The summed E-state index contributed by atoms with van der Waals surface area (Å²) >= 11 is 0. The zero-order valence-electron chi connectivity index (χ0n) is 14.1. The average Bonchev–Trinajstić information content (AvgIpc) is 2.68. The zero-order valence-corrected chi connectivity index (χ0v) is 14.1. The second kappa shape index (κ2) is 7.79. The van der Waals surface area contributed by atoms with Gasteiger partial charge < -0.3 is 15.0 Å². The van der Waals surface area contributed by atoms with Gasteiger partial charge in [-0.05, 0) is 37.1 Å². The fraction of sp³-hybridized carbons (Fsp3) is 0.316. The largest absolute Gasteiger partial charge is 0.495 e. The lowest BCUT2D eigenvalue weighted by molar-refractivity contribution is -0.121. The number of hydrogen-bond donors (Lipinski definition) is 1. The monoisotopic (exact) mass is 339 g/mol. The van der Waals surface area contributed by atoms with Crippen LogP contribution in [0.3, 0.4) is 0 Å². The molecule has 1 aromatic carbocycles. The molecule has 0 unspecified atom stereocenters. The zero-order chi connectivity index (χ0) is 17.6. The van der Waals surface area contributed by atoms with Crippen LogP contribution in [0.15, 0.2) is 48.8 Å². The first kappa shape index (κ1) is 17.0. The Kier molecular flexibility index (Phi) is 5.28. The van der Waals surface area contributed by atoms with Crippen molar-refractivity contribution in [2.45, 2.75) is 12.8 Å². The highest BCUT2D eigenvalue weighted by atomic mass is 16.5. The summed E-state index contributed by atoms with van der Waals surface area (Å²) in [7, 11) is 1.58. The number of anilines is 1. The Morgan fingerprint density at radius 1 is 1.16 bits per heavy atom. The third-order valence-electron chi connectivity index (χ3n) is 4.43. The maximum absolute atomic E-state index is 12.5. The van der Waals surface area contributed by atoms with Gasteiger partial charge in [0.1, 0.15) is 5.75 Å². The minimum absolute atomic E-state index is 0.0297. The summed E-state index contributed by atoms with van der Waals surface area (Å²) in [6, 6.07) is 10.9. The highest BCUT2D eigenvalue weighted by Crippen LogP contribution is 2.26. The Morgan fingerprint density at radius 3 is 2.60 bits per heavy atom. The normalized spacial score (nSPS) is 14.8. The molecular formula is C19H21N3O3. The standard InChI is InChI=1S/C19H21N3O3/c1-25-17-7-3-2-6-16(17)21-18(23)14-8-11-22(12-9-14)19(24)15-5-4-10-20-13-15/h2-7,10,13-14H,8-9,11-12H2,1H3,(H,21,23). The van der Waals surface area contributed by atoms with Crippen molar-refractivity contribution in [1.29, 1.82) is 0 Å². The van der Waals surface area contributed by atoms with Gasteiger partial charge in [-0.2, -0.15) is 0 Å². The van der Waals surface area contributed by atoms with Crippen LogP contribution in [0.4, 0.5) is 5.69 Å². The van der Waals surface area contributed by atoms with Crippen LogP contribution in [-0.4, -0.2) is 41.9 Å². The molecule has 3 rings (SSSR count). The summed E-state index contributed by atoms with van der Waals surface area (Å²) in [6.07, 6.45) is 4.51. The lowest BCUT2D eigenvalue weighted by atomic mass is 9.95. The third kappa shape index (κ3) is 3.96. The van der Waals surface area contributed by atoms with Crippen molar-refractivity contribution in [3.05, 3.63) is 54.4 Å². The maximum atomic E-state index is 12.5. The van der Waals surface area contributed by atoms with Crippen LogP contribution >= 0.6 is 0 Å². The van der Waals surface area contributed by atoms with Gasteiger partial charge in [0.2, 0.25) is 5.91 Å². The van der Waals surface area contributed by atoms with Gasteiger partial charge in [0.25, 0.3) is 5.91 Å². The van der Waals surface area contributed by atoms with Crippen LogP contribution in [0.1, 0.15) is 23.2 Å². The number of pyridine rings is 1. The molecule has 25 heavy (non-hydrogen) atoms. The Hall–Kier alpha value is -2.89. The minimum atomic E-state index is -0.108. The second-order valence-electron chi connectivity index (χ2n) is 6.00. The van der Waals surface area contributed by atoms with Gasteiger partial charge >= 0.3 is 0 Å². The molecule has 1 N–H and O–H groups in total. The summed E-state index contributed by atoms with van der Waals surface area (Å²) in [5.74, 6) is 0.470. The number of likely N-dealkylation sites (tertiary alicyclic amines) is 1. The molecular weight excluding hydrogens is 318 g/mol. The second-order valence-corrected chi connectivity index (χ2v) is 6.00. The molecule has 6 nitrogen and oxygen atoms in total. The molecule has 1 fully saturated rings. The van der Waals surface area contributed by atoms with E-state index in [0.29, 0.717) is 42.9 Å². The summed E-state index contributed by atoms with van der Waals surface area (Å²) in [6.45, 7) is 1.13. The third-order valence-corrected chi connectivity index (χ3v) is 4.43. The molecule has 1 aliphatic heterocycles. The van der Waals surface area contributed by atoms with Gasteiger partial charge in [-0.15, -0.1) is 0 Å². The van der Waals surface area contributed by atoms with Crippen LogP contribution in [-0.2, 0) is 4.79 Å². The summed E-state index contributed by atoms with van der Waals surface area (Å²) in [5.41, 5.74) is 1.25. The van der Waals surface area contributed by atoms with E-state index in [9.17, 15) is 9.59 Å². The van der Waals surface area contributed by atoms with E-state index >= 15 is 0 Å². The molecule has 0 spiro atoms. The first-order chi connectivity index (χ1) is 12.2. The molecule has 2 amide bonds. The topological polar surface area (TPSA) is 71.5 Å². The van der Waals surface area contributed by atoms with Crippen molar-refractivity contribution in [1.82, 2.24) is 9.88 Å². The molecule has 1 saturated heterocycles. The maximum Gasteiger partial charge on any atom is 0.255 e. The summed E-state index contributed by atoms with van der Waals surface area (Å²) < 4.78 is 5.26. The van der Waals surface area contributed by atoms with Crippen molar-refractivity contribution in [2.24, 2.45) is 5.92 Å². The first-order valence-corrected chi connectivity index (χ1v) is 8.32. The molecule has 0 aliphatic carbocycles. The number of benzene rings is 1. The number of nitrogens with zero attached hydrogens (tertiary/aromatic N) is 2. The van der Waals surface area contributed by atoms with Gasteiger partial charge in [0.15, 0.2) is 0 Å². The van der Waals surface area contributed by atoms with Gasteiger partial charge in [-0.25, -0.2) is 0 Å². The number of piperidine rings is 1. The van der Waals surface area contributed by atoms with E-state index in [4.69, 9.17) is 4.74 Å². The van der Waals surface area contributed by atoms with Crippen LogP contribution in [0, 0.1) is 5.92 Å². The van der Waals surface area contributed by atoms with Gasteiger partial charge in [0, 0.05) is 31.4 Å². The molecule has 1 aliphatic rings. The Bertz CT molecular complexity index is 741. The number of amides is 2. The van der Waals surface area contributed by atoms with Crippen LogP contribution in [0.25, 0.3) is 0 Å². The highest BCUT2D eigenvalue weighted by Gasteiger charge is 2.28. The van der Waals surface area contributed by atoms with E-state index in [1.165, 1.54) is 0 Å². The van der Waals surface area contributed by atoms with E-state index in [-0.39, 0.29) is 17.7 Å². The SMILES string of the molecule is COc1ccccc1NC(=O)C1CCN(C(=O)c2cccnc2)CC1. The number of nitrogens with one attached hydrogen (secondary N) is 1. The van der Waals surface area contributed by atoms with E-state index in [1.54, 1.807) is 36.5 Å². The number of ether oxygens (including phenoxy) is 1. The molecule has 130 valence electrons. The van der Waals surface area contributed by atoms with Crippen molar-refractivity contribution < 1.29 is 14.3 Å². The molecule has 0 bridgehead atoms. The van der Waals surface area contributed by atoms with Crippen LogP contribution in [0.2, 0.25) is 0 Å². The molecule has 0 saturated carbocycles. The quantitative estimate of drug-likeness (QED) is 0.929. The molecule has 0 atom stereocenters. The fourth-order valence-electron chi connectivity index (χ4n) is 3.00. The molecule has 1 aromatic heterocycles. The number of para-hydroxylation sites is 2. The van der Waals surface area contributed by atoms with E-state index < -0.39 is 0 Å². The predicted octanol–water partition coefficient (Wildman–Crippen LogP) is 2.58. The van der Waals surface area contributed by atoms with E-state index in [0.717, 1.165) is 0 Å². The Balaban J connectivity index is 1.57. The lowest BCUT2D eigenvalue weighted by Gasteiger charge is -2.31. The molecule has 2 aromatic rings. The average molecular weight is 339 g/mol. The van der Waals surface area contributed by atoms with Crippen molar-refractivity contribution >= 4 is 17.5 Å². The Morgan fingerprint density at radius 2 is 1.92 bits per heavy atom. The predicted molar refractivity (Wildman–Crippen MR) is 94.5 cm³/mol. The number of carbonyl (C=O) groups is 2. The molecule has 6 heteroatoms. The minimum Gasteiger partial charge on any atom is -0.495 e.